The van der Waals surface area contributed by atoms with Crippen LogP contribution >= 0.6 is 11.6 Å². The number of ether oxygens (including phenoxy) is 1. The van der Waals surface area contributed by atoms with Crippen LogP contribution in [0, 0.1) is 11.6 Å². The van der Waals surface area contributed by atoms with E-state index in [4.69, 9.17) is 16.3 Å². The highest BCUT2D eigenvalue weighted by Gasteiger charge is 2.50. The number of anilines is 1. The molecule has 2 heterocycles. The minimum Gasteiger partial charge on any atom is -0.492 e. The Morgan fingerprint density at radius 3 is 2.35 bits per heavy atom. The van der Waals surface area contributed by atoms with Gasteiger partial charge in [-0.15, -0.1) is 0 Å². The van der Waals surface area contributed by atoms with Crippen LogP contribution < -0.4 is 9.64 Å². The predicted molar refractivity (Wildman–Crippen MR) is 127 cm³/mol. The molecule has 1 amide bonds. The lowest BCUT2D eigenvalue weighted by Crippen LogP contribution is -2.48. The van der Waals surface area contributed by atoms with E-state index in [1.807, 2.05) is 12.1 Å². The van der Waals surface area contributed by atoms with Gasteiger partial charge in [0.05, 0.1) is 10.7 Å². The predicted octanol–water partition coefficient (Wildman–Crippen LogP) is 4.11. The lowest BCUT2D eigenvalue weighted by Gasteiger charge is -2.38. The second-order valence-corrected chi connectivity index (χ2v) is 11.9. The summed E-state index contributed by atoms with van der Waals surface area (Å²) in [5, 5.41) is -0.687. The molecule has 6 nitrogen and oxygen atoms in total. The summed E-state index contributed by atoms with van der Waals surface area (Å²) in [6.07, 6.45) is 2.23. The van der Waals surface area contributed by atoms with E-state index in [9.17, 15) is 22.0 Å². The third-order valence-corrected chi connectivity index (χ3v) is 8.79. The minimum absolute atomic E-state index is 0.00379. The van der Waals surface area contributed by atoms with Crippen LogP contribution in [0.25, 0.3) is 0 Å². The zero-order chi connectivity index (χ0) is 24.8. The van der Waals surface area contributed by atoms with Gasteiger partial charge in [-0.3, -0.25) is 9.69 Å². The molecule has 4 rings (SSSR count). The van der Waals surface area contributed by atoms with Crippen molar-refractivity contribution < 1.29 is 26.7 Å². The largest absolute Gasteiger partial charge is 0.492 e. The molecular formula is C24H27ClF2N2O4S. The van der Waals surface area contributed by atoms with E-state index in [-0.39, 0.29) is 18.3 Å². The Kier molecular flexibility index (Phi) is 6.65. The summed E-state index contributed by atoms with van der Waals surface area (Å²) in [6, 6.07) is 7.58. The van der Waals surface area contributed by atoms with Gasteiger partial charge in [0.1, 0.15) is 24.0 Å². The van der Waals surface area contributed by atoms with Gasteiger partial charge in [0.25, 0.3) is 0 Å². The smallest absolute Gasteiger partial charge is 0.237 e. The van der Waals surface area contributed by atoms with Crippen molar-refractivity contribution in [3.8, 4) is 5.75 Å². The van der Waals surface area contributed by atoms with Gasteiger partial charge in [0.2, 0.25) is 5.91 Å². The Hall–Kier alpha value is -2.23. The third-order valence-electron chi connectivity index (χ3n) is 7.04. The van der Waals surface area contributed by atoms with Gasteiger partial charge in [-0.05, 0) is 56.6 Å². The fourth-order valence-electron chi connectivity index (χ4n) is 4.91. The Balaban J connectivity index is 1.37. The molecule has 1 saturated heterocycles. The van der Waals surface area contributed by atoms with E-state index >= 15 is 0 Å². The summed E-state index contributed by atoms with van der Waals surface area (Å²) in [4.78, 5) is 16.9. The summed E-state index contributed by atoms with van der Waals surface area (Å²) in [5.74, 6) is -1.82. The monoisotopic (exact) mass is 512 g/mol. The number of piperidine rings is 1. The second kappa shape index (κ2) is 9.09. The summed E-state index contributed by atoms with van der Waals surface area (Å²) in [6.45, 7) is 3.31. The van der Waals surface area contributed by atoms with Crippen molar-refractivity contribution in [1.82, 2.24) is 4.90 Å². The molecule has 1 spiro atoms. The van der Waals surface area contributed by atoms with E-state index in [0.29, 0.717) is 37.5 Å². The number of hydrogen-bond acceptors (Lipinski definition) is 5. The number of amides is 1. The number of likely N-dealkylation sites (N-methyl/N-ethyl adjacent to an activating group) is 1. The maximum atomic E-state index is 14.4. The Labute approximate surface area is 203 Å². The fraction of sp³-hybridized carbons (Fsp3) is 0.458. The van der Waals surface area contributed by atoms with Crippen LogP contribution in [0.2, 0.25) is 5.02 Å². The quantitative estimate of drug-likeness (QED) is 0.582. The van der Waals surface area contributed by atoms with Gasteiger partial charge in [-0.1, -0.05) is 11.6 Å². The lowest BCUT2D eigenvalue weighted by atomic mass is 9.73. The highest BCUT2D eigenvalue weighted by atomic mass is 35.5. The number of sulfone groups is 1. The number of fused-ring (bicyclic) bond motifs is 2. The summed E-state index contributed by atoms with van der Waals surface area (Å²) >= 11 is 6.21. The van der Waals surface area contributed by atoms with E-state index in [2.05, 4.69) is 4.90 Å². The molecule has 2 aliphatic rings. The van der Waals surface area contributed by atoms with Crippen molar-refractivity contribution in [2.75, 3.05) is 44.4 Å². The SMILES string of the molecule is CC(c1c(F)cc(OCCN2CCC3(CC2)C(=O)N(C)c2ccc(Cl)cc23)cc1F)S(C)(=O)=O. The normalized spacial score (nSPS) is 18.9. The topological polar surface area (TPSA) is 66.9 Å². The number of hydrogen-bond donors (Lipinski definition) is 0. The standard InChI is InChI=1S/C24H27ClF2N2O4S/c1-15(34(3,31)32)22-19(26)13-17(14-20(22)27)33-11-10-29-8-6-24(7-9-29)18-12-16(25)4-5-21(18)28(2)23(24)30/h4-5,12-15H,6-11H2,1-3H3. The van der Waals surface area contributed by atoms with Crippen LogP contribution in [0.15, 0.2) is 30.3 Å². The molecule has 2 aromatic rings. The zero-order valence-electron chi connectivity index (χ0n) is 19.3. The first kappa shape index (κ1) is 24.9. The molecule has 1 fully saturated rings. The van der Waals surface area contributed by atoms with Crippen LogP contribution in [-0.4, -0.2) is 58.8 Å². The van der Waals surface area contributed by atoms with E-state index in [0.717, 1.165) is 29.6 Å². The molecule has 0 aromatic heterocycles. The zero-order valence-corrected chi connectivity index (χ0v) is 20.8. The number of benzene rings is 2. The molecule has 2 aliphatic heterocycles. The van der Waals surface area contributed by atoms with Crippen molar-refractivity contribution in [2.24, 2.45) is 0 Å². The number of halogens is 3. The van der Waals surface area contributed by atoms with Crippen LogP contribution in [0.1, 0.15) is 36.1 Å². The second-order valence-electron chi connectivity index (χ2n) is 9.07. The van der Waals surface area contributed by atoms with Gasteiger partial charge in [0, 0.05) is 48.3 Å². The van der Waals surface area contributed by atoms with E-state index in [1.54, 1.807) is 18.0 Å². The van der Waals surface area contributed by atoms with Crippen molar-refractivity contribution in [3.05, 3.63) is 58.1 Å². The minimum atomic E-state index is -3.65. The van der Waals surface area contributed by atoms with Crippen molar-refractivity contribution in [2.45, 2.75) is 30.4 Å². The summed E-state index contributed by atoms with van der Waals surface area (Å²) in [7, 11) is -1.86. The maximum Gasteiger partial charge on any atom is 0.237 e. The van der Waals surface area contributed by atoms with Crippen LogP contribution in [0.5, 0.6) is 5.75 Å². The van der Waals surface area contributed by atoms with Crippen LogP contribution in [0.3, 0.4) is 0 Å². The summed E-state index contributed by atoms with van der Waals surface area (Å²) in [5.41, 5.74) is 0.800. The van der Waals surface area contributed by atoms with E-state index < -0.39 is 37.7 Å². The number of nitrogens with zero attached hydrogens (tertiary/aromatic N) is 2. The van der Waals surface area contributed by atoms with Crippen molar-refractivity contribution in [3.63, 3.8) is 0 Å². The molecule has 1 unspecified atom stereocenters. The fourth-order valence-corrected chi connectivity index (χ4v) is 5.74. The van der Waals surface area contributed by atoms with Crippen molar-refractivity contribution >= 4 is 33.0 Å². The average Bonchev–Trinajstić information content (AvgIpc) is 2.95. The molecule has 0 radical (unpaired) electrons. The third kappa shape index (κ3) is 4.41. The number of carbonyl (C=O) groups excluding carboxylic acids is 1. The Morgan fingerprint density at radius 1 is 1.15 bits per heavy atom. The van der Waals surface area contributed by atoms with Gasteiger partial charge >= 0.3 is 0 Å². The molecule has 1 atom stereocenters. The molecule has 184 valence electrons. The number of rotatable bonds is 6. The molecule has 0 N–H and O–H groups in total. The van der Waals surface area contributed by atoms with Crippen LogP contribution in [0.4, 0.5) is 14.5 Å². The van der Waals surface area contributed by atoms with Gasteiger partial charge in [-0.25, -0.2) is 17.2 Å². The van der Waals surface area contributed by atoms with E-state index in [1.165, 1.54) is 6.92 Å². The van der Waals surface area contributed by atoms with Gasteiger partial charge in [0.15, 0.2) is 9.84 Å². The maximum absolute atomic E-state index is 14.4. The highest BCUT2D eigenvalue weighted by Crippen LogP contribution is 2.48. The first-order valence-electron chi connectivity index (χ1n) is 11.1. The molecule has 10 heteroatoms. The summed E-state index contributed by atoms with van der Waals surface area (Å²) < 4.78 is 57.8. The Bertz CT molecular complexity index is 1210. The molecule has 0 aliphatic carbocycles. The molecule has 2 aromatic carbocycles. The van der Waals surface area contributed by atoms with Crippen LogP contribution in [-0.2, 0) is 20.0 Å². The number of likely N-dealkylation sites (tertiary alicyclic amines) is 1. The van der Waals surface area contributed by atoms with Gasteiger partial charge < -0.3 is 9.64 Å². The average molecular weight is 513 g/mol. The van der Waals surface area contributed by atoms with Crippen molar-refractivity contribution in [1.29, 1.82) is 0 Å². The molecule has 0 saturated carbocycles. The molecule has 0 bridgehead atoms. The molecular weight excluding hydrogens is 486 g/mol. The first-order chi connectivity index (χ1) is 15.9. The highest BCUT2D eigenvalue weighted by molar-refractivity contribution is 7.90. The first-order valence-corrected chi connectivity index (χ1v) is 13.4. The lowest BCUT2D eigenvalue weighted by molar-refractivity contribution is -0.124. The molecule has 34 heavy (non-hydrogen) atoms. The van der Waals surface area contributed by atoms with Gasteiger partial charge in [-0.2, -0.15) is 0 Å². The Morgan fingerprint density at radius 2 is 1.76 bits per heavy atom. The number of carbonyl (C=O) groups is 1.